The number of amides is 1. The molecule has 0 aromatic carbocycles. The monoisotopic (exact) mass is 417 g/mol. The number of hydrogen-bond acceptors (Lipinski definition) is 5. The molecule has 1 aliphatic heterocycles. The van der Waals surface area contributed by atoms with Gasteiger partial charge in [0.05, 0.1) is 24.2 Å². The molecule has 2 fully saturated rings. The van der Waals surface area contributed by atoms with Crippen LogP contribution in [0.15, 0.2) is 18.5 Å². The van der Waals surface area contributed by atoms with E-state index >= 15 is 0 Å². The maximum atomic E-state index is 13.1. The van der Waals surface area contributed by atoms with Crippen LogP contribution in [-0.4, -0.2) is 60.7 Å². The Balaban J connectivity index is 1.40. The van der Waals surface area contributed by atoms with Crippen molar-refractivity contribution in [3.8, 4) is 0 Å². The predicted octanol–water partition coefficient (Wildman–Crippen LogP) is 2.05. The zero-order valence-corrected chi connectivity index (χ0v) is 17.4. The molecular weight excluding hydrogens is 390 g/mol. The molecule has 0 radical (unpaired) electrons. The lowest BCUT2D eigenvalue weighted by molar-refractivity contribution is 0.0718. The van der Waals surface area contributed by atoms with Crippen LogP contribution in [-0.2, 0) is 10.0 Å². The van der Waals surface area contributed by atoms with E-state index in [1.54, 1.807) is 6.20 Å². The molecule has 2 aliphatic carbocycles. The number of sulfonamides is 1. The molecule has 0 saturated heterocycles. The summed E-state index contributed by atoms with van der Waals surface area (Å²) in [5.41, 5.74) is 2.53. The Hall–Kier alpha value is -2.13. The minimum atomic E-state index is -3.15. The van der Waals surface area contributed by atoms with Crippen molar-refractivity contribution in [1.29, 1.82) is 0 Å². The number of pyridine rings is 1. The first kappa shape index (κ1) is 18.9. The standard InChI is InChI=1S/C20H27N5O3S/c1-29(27,28)23-10-13-2-4-14(5-3-13)24-12-25(15-6-7-15)20(26)17-11-22-19-16(18(17)24)8-9-21-19/h8-9,11,13-15,23H,2-7,10,12H2,1H3,(H,21,22). The van der Waals surface area contributed by atoms with E-state index in [9.17, 15) is 13.2 Å². The summed E-state index contributed by atoms with van der Waals surface area (Å²) in [4.78, 5) is 25.2. The summed E-state index contributed by atoms with van der Waals surface area (Å²) in [6.45, 7) is 1.15. The van der Waals surface area contributed by atoms with E-state index < -0.39 is 10.0 Å². The molecular formula is C20H27N5O3S. The molecule has 0 unspecified atom stereocenters. The second-order valence-corrected chi connectivity index (χ2v) is 10.5. The molecule has 8 nitrogen and oxygen atoms in total. The fourth-order valence-corrected chi connectivity index (χ4v) is 5.35. The van der Waals surface area contributed by atoms with E-state index in [4.69, 9.17) is 0 Å². The number of anilines is 1. The summed E-state index contributed by atoms with van der Waals surface area (Å²) in [6, 6.07) is 2.71. The van der Waals surface area contributed by atoms with Crippen LogP contribution in [0.3, 0.4) is 0 Å². The van der Waals surface area contributed by atoms with Crippen molar-refractivity contribution in [2.75, 3.05) is 24.4 Å². The largest absolute Gasteiger partial charge is 0.349 e. The van der Waals surface area contributed by atoms with Gasteiger partial charge < -0.3 is 14.8 Å². The minimum absolute atomic E-state index is 0.0976. The van der Waals surface area contributed by atoms with Gasteiger partial charge in [0, 0.05) is 36.4 Å². The highest BCUT2D eigenvalue weighted by atomic mass is 32.2. The Morgan fingerprint density at radius 3 is 2.52 bits per heavy atom. The third-order valence-electron chi connectivity index (χ3n) is 6.52. The summed E-state index contributed by atoms with van der Waals surface area (Å²) in [6.07, 6.45) is 10.9. The van der Waals surface area contributed by atoms with Gasteiger partial charge in [-0.3, -0.25) is 4.79 Å². The molecule has 5 rings (SSSR count). The number of rotatable bonds is 5. The van der Waals surface area contributed by atoms with Gasteiger partial charge in [0.25, 0.3) is 5.91 Å². The highest BCUT2D eigenvalue weighted by Gasteiger charge is 2.42. The number of H-pyrrole nitrogens is 1. The minimum Gasteiger partial charge on any atom is -0.349 e. The van der Waals surface area contributed by atoms with Gasteiger partial charge in [0.2, 0.25) is 10.0 Å². The first-order valence-electron chi connectivity index (χ1n) is 10.4. The number of nitrogens with one attached hydrogen (secondary N) is 2. The number of nitrogens with zero attached hydrogens (tertiary/aromatic N) is 3. The molecule has 3 heterocycles. The molecule has 0 bridgehead atoms. The molecule has 1 amide bonds. The van der Waals surface area contributed by atoms with E-state index in [-0.39, 0.29) is 5.91 Å². The fraction of sp³-hybridized carbons (Fsp3) is 0.600. The van der Waals surface area contributed by atoms with Crippen molar-refractivity contribution in [2.24, 2.45) is 5.92 Å². The number of hydrogen-bond donors (Lipinski definition) is 2. The van der Waals surface area contributed by atoms with Crippen molar-refractivity contribution in [3.05, 3.63) is 24.0 Å². The Bertz CT molecular complexity index is 1040. The Morgan fingerprint density at radius 1 is 1.14 bits per heavy atom. The quantitative estimate of drug-likeness (QED) is 0.776. The number of carbonyl (C=O) groups is 1. The summed E-state index contributed by atoms with van der Waals surface area (Å²) < 4.78 is 25.4. The van der Waals surface area contributed by atoms with Gasteiger partial charge in [0.15, 0.2) is 0 Å². The molecule has 2 saturated carbocycles. The summed E-state index contributed by atoms with van der Waals surface area (Å²) >= 11 is 0. The topological polar surface area (TPSA) is 98.4 Å². The van der Waals surface area contributed by atoms with Crippen LogP contribution < -0.4 is 9.62 Å². The van der Waals surface area contributed by atoms with Crippen LogP contribution in [0.4, 0.5) is 5.69 Å². The average molecular weight is 418 g/mol. The van der Waals surface area contributed by atoms with Gasteiger partial charge in [-0.1, -0.05) is 0 Å². The number of fused-ring (bicyclic) bond motifs is 3. The fourth-order valence-electron chi connectivity index (χ4n) is 4.81. The van der Waals surface area contributed by atoms with E-state index in [0.717, 1.165) is 55.2 Å². The van der Waals surface area contributed by atoms with E-state index in [1.807, 2.05) is 17.2 Å². The second kappa shape index (κ2) is 6.98. The predicted molar refractivity (Wildman–Crippen MR) is 111 cm³/mol. The number of aromatic amines is 1. The van der Waals surface area contributed by atoms with Crippen molar-refractivity contribution in [3.63, 3.8) is 0 Å². The van der Waals surface area contributed by atoms with Crippen molar-refractivity contribution in [2.45, 2.75) is 50.6 Å². The summed E-state index contributed by atoms with van der Waals surface area (Å²) in [5, 5.41) is 1.01. The third kappa shape index (κ3) is 3.61. The molecule has 0 atom stereocenters. The molecule has 9 heteroatoms. The van der Waals surface area contributed by atoms with Gasteiger partial charge in [-0.05, 0) is 50.5 Å². The van der Waals surface area contributed by atoms with Crippen LogP contribution in [0.2, 0.25) is 0 Å². The van der Waals surface area contributed by atoms with Gasteiger partial charge in [0.1, 0.15) is 5.65 Å². The maximum absolute atomic E-state index is 13.1. The third-order valence-corrected chi connectivity index (χ3v) is 7.21. The smallest absolute Gasteiger partial charge is 0.259 e. The Kier molecular flexibility index (Phi) is 4.54. The molecule has 3 aliphatic rings. The van der Waals surface area contributed by atoms with Crippen LogP contribution in [0.5, 0.6) is 0 Å². The van der Waals surface area contributed by atoms with Gasteiger partial charge in [-0.15, -0.1) is 0 Å². The lowest BCUT2D eigenvalue weighted by Gasteiger charge is -2.45. The molecule has 156 valence electrons. The lowest BCUT2D eigenvalue weighted by atomic mass is 9.85. The van der Waals surface area contributed by atoms with E-state index in [1.165, 1.54) is 6.26 Å². The Morgan fingerprint density at radius 2 is 1.83 bits per heavy atom. The summed E-state index contributed by atoms with van der Waals surface area (Å²) in [7, 11) is -3.15. The highest BCUT2D eigenvalue weighted by Crippen LogP contribution is 2.41. The van der Waals surface area contributed by atoms with Crippen molar-refractivity contribution in [1.82, 2.24) is 19.6 Å². The first-order valence-corrected chi connectivity index (χ1v) is 12.3. The van der Waals surface area contributed by atoms with Crippen molar-refractivity contribution >= 4 is 32.7 Å². The van der Waals surface area contributed by atoms with Gasteiger partial charge in [-0.2, -0.15) is 0 Å². The zero-order valence-electron chi connectivity index (χ0n) is 16.6. The van der Waals surface area contributed by atoms with Gasteiger partial charge >= 0.3 is 0 Å². The Labute approximate surface area is 170 Å². The maximum Gasteiger partial charge on any atom is 0.259 e. The van der Waals surface area contributed by atoms with E-state index in [2.05, 4.69) is 19.6 Å². The normalized spacial score (nSPS) is 25.5. The van der Waals surface area contributed by atoms with E-state index in [0.29, 0.717) is 36.8 Å². The van der Waals surface area contributed by atoms with Crippen LogP contribution >= 0.6 is 0 Å². The molecule has 2 N–H and O–H groups in total. The van der Waals surface area contributed by atoms with Crippen molar-refractivity contribution < 1.29 is 13.2 Å². The second-order valence-electron chi connectivity index (χ2n) is 8.67. The SMILES string of the molecule is CS(=O)(=O)NCC1CCC(N2CN(C3CC3)C(=O)c3cnc4[nH]ccc4c32)CC1. The summed E-state index contributed by atoms with van der Waals surface area (Å²) in [5.74, 6) is 0.469. The van der Waals surface area contributed by atoms with Crippen LogP contribution in [0.1, 0.15) is 48.9 Å². The molecule has 29 heavy (non-hydrogen) atoms. The average Bonchev–Trinajstić information content (AvgIpc) is 3.42. The highest BCUT2D eigenvalue weighted by molar-refractivity contribution is 7.88. The molecule has 2 aromatic rings. The van der Waals surface area contributed by atoms with Crippen LogP contribution in [0, 0.1) is 5.92 Å². The first-order chi connectivity index (χ1) is 13.9. The number of aromatic nitrogens is 2. The lowest BCUT2D eigenvalue weighted by Crippen LogP contribution is -2.52. The van der Waals surface area contributed by atoms with Gasteiger partial charge in [-0.25, -0.2) is 18.1 Å². The zero-order chi connectivity index (χ0) is 20.2. The molecule has 0 spiro atoms. The number of carbonyl (C=O) groups excluding carboxylic acids is 1. The molecule has 2 aromatic heterocycles. The van der Waals surface area contributed by atoms with Crippen LogP contribution in [0.25, 0.3) is 11.0 Å².